The van der Waals surface area contributed by atoms with Crippen LogP contribution in [0.5, 0.6) is 0 Å². The topological polar surface area (TPSA) is 99.5 Å². The van der Waals surface area contributed by atoms with Crippen LogP contribution in [-0.4, -0.2) is 54.3 Å². The molecule has 2 aromatic heterocycles. The molecule has 0 spiro atoms. The zero-order chi connectivity index (χ0) is 24.3. The van der Waals surface area contributed by atoms with Crippen LogP contribution in [0.3, 0.4) is 0 Å². The van der Waals surface area contributed by atoms with Crippen molar-refractivity contribution in [3.05, 3.63) is 83.1 Å². The summed E-state index contributed by atoms with van der Waals surface area (Å²) in [5, 5.41) is 9.25. The highest BCUT2D eigenvalue weighted by atomic mass is 32.2. The Morgan fingerprint density at radius 1 is 1.12 bits per heavy atom. The molecule has 1 aromatic carbocycles. The maximum absolute atomic E-state index is 13.0. The first-order valence-electron chi connectivity index (χ1n) is 11.0. The number of aryl methyl sites for hydroxylation is 1. The van der Waals surface area contributed by atoms with Gasteiger partial charge >= 0.3 is 0 Å². The number of carbonyl (C=O) groups is 1. The summed E-state index contributed by atoms with van der Waals surface area (Å²) in [6.07, 6.45) is 4.99. The molecule has 1 saturated heterocycles. The molecule has 1 aliphatic rings. The SMILES string of the molecule is Cc1cc(/C=C/C(=O)N2CCN(S(=O)(=O)c3ccccc3C#N)CC2)c(C)n1Cc1ccco1. The fourth-order valence-corrected chi connectivity index (χ4v) is 5.70. The normalized spacial score (nSPS) is 15.0. The number of hydrogen-bond acceptors (Lipinski definition) is 5. The van der Waals surface area contributed by atoms with Crippen LogP contribution in [0.4, 0.5) is 0 Å². The monoisotopic (exact) mass is 478 g/mol. The average Bonchev–Trinajstić information content (AvgIpc) is 3.46. The predicted octanol–water partition coefficient (Wildman–Crippen LogP) is 3.16. The van der Waals surface area contributed by atoms with Gasteiger partial charge in [-0.3, -0.25) is 4.79 Å². The van der Waals surface area contributed by atoms with Gasteiger partial charge in [0.25, 0.3) is 0 Å². The second-order valence-electron chi connectivity index (χ2n) is 8.16. The van der Waals surface area contributed by atoms with Gasteiger partial charge in [-0.15, -0.1) is 0 Å². The third kappa shape index (κ3) is 4.69. The summed E-state index contributed by atoms with van der Waals surface area (Å²) >= 11 is 0. The number of piperazine rings is 1. The lowest BCUT2D eigenvalue weighted by Gasteiger charge is -2.33. The van der Waals surface area contributed by atoms with Crippen molar-refractivity contribution in [2.24, 2.45) is 0 Å². The van der Waals surface area contributed by atoms with E-state index in [-0.39, 0.29) is 42.5 Å². The molecule has 0 atom stereocenters. The molecule has 176 valence electrons. The molecule has 1 amide bonds. The van der Waals surface area contributed by atoms with Crippen LogP contribution in [0.1, 0.15) is 28.3 Å². The van der Waals surface area contributed by atoms with Crippen molar-refractivity contribution < 1.29 is 17.6 Å². The van der Waals surface area contributed by atoms with Gasteiger partial charge < -0.3 is 13.9 Å². The summed E-state index contributed by atoms with van der Waals surface area (Å²) in [4.78, 5) is 14.4. The van der Waals surface area contributed by atoms with E-state index in [2.05, 4.69) is 4.57 Å². The largest absolute Gasteiger partial charge is 0.467 e. The van der Waals surface area contributed by atoms with Crippen molar-refractivity contribution in [1.29, 1.82) is 5.26 Å². The Morgan fingerprint density at radius 3 is 2.53 bits per heavy atom. The highest BCUT2D eigenvalue weighted by Gasteiger charge is 2.31. The number of amides is 1. The molecule has 0 radical (unpaired) electrons. The van der Waals surface area contributed by atoms with Gasteiger partial charge in [0.15, 0.2) is 0 Å². The number of benzene rings is 1. The van der Waals surface area contributed by atoms with Crippen molar-refractivity contribution >= 4 is 22.0 Å². The maximum atomic E-state index is 13.0. The number of nitriles is 1. The van der Waals surface area contributed by atoms with Crippen molar-refractivity contribution in [1.82, 2.24) is 13.8 Å². The molecule has 0 unspecified atom stereocenters. The highest BCUT2D eigenvalue weighted by Crippen LogP contribution is 2.22. The first-order valence-corrected chi connectivity index (χ1v) is 12.4. The van der Waals surface area contributed by atoms with Crippen LogP contribution >= 0.6 is 0 Å². The van der Waals surface area contributed by atoms with E-state index in [9.17, 15) is 18.5 Å². The van der Waals surface area contributed by atoms with E-state index in [0.717, 1.165) is 22.7 Å². The fourth-order valence-electron chi connectivity index (χ4n) is 4.14. The highest BCUT2D eigenvalue weighted by molar-refractivity contribution is 7.89. The zero-order valence-electron chi connectivity index (χ0n) is 19.1. The Morgan fingerprint density at radius 2 is 1.85 bits per heavy atom. The van der Waals surface area contributed by atoms with Crippen LogP contribution in [0, 0.1) is 25.2 Å². The van der Waals surface area contributed by atoms with Crippen molar-refractivity contribution in [2.75, 3.05) is 26.2 Å². The molecule has 3 heterocycles. The number of aromatic nitrogens is 1. The molecule has 0 saturated carbocycles. The summed E-state index contributed by atoms with van der Waals surface area (Å²) in [5.74, 6) is 0.698. The second-order valence-corrected chi connectivity index (χ2v) is 10.1. The van der Waals surface area contributed by atoms with Gasteiger partial charge in [-0.2, -0.15) is 9.57 Å². The standard InChI is InChI=1S/C25H26N4O4S/c1-19-16-21(20(2)29(19)18-23-7-5-15-33-23)9-10-25(30)27-11-13-28(14-12-27)34(31,32)24-8-4-3-6-22(24)17-26/h3-10,15-16H,11-14,18H2,1-2H3/b10-9+. The van der Waals surface area contributed by atoms with Crippen LogP contribution in [0.2, 0.25) is 0 Å². The fraction of sp³-hybridized carbons (Fsp3) is 0.280. The van der Waals surface area contributed by atoms with E-state index >= 15 is 0 Å². The Bertz CT molecular complexity index is 1360. The van der Waals surface area contributed by atoms with E-state index < -0.39 is 10.0 Å². The Balaban J connectivity index is 1.40. The third-order valence-electron chi connectivity index (χ3n) is 6.09. The first kappa shape index (κ1) is 23.5. The van der Waals surface area contributed by atoms with E-state index in [1.807, 2.05) is 38.1 Å². The third-order valence-corrected chi connectivity index (χ3v) is 8.04. The van der Waals surface area contributed by atoms with E-state index in [4.69, 9.17) is 4.42 Å². The minimum Gasteiger partial charge on any atom is -0.467 e. The second kappa shape index (κ2) is 9.71. The van der Waals surface area contributed by atoms with Gasteiger partial charge in [-0.25, -0.2) is 8.42 Å². The molecule has 34 heavy (non-hydrogen) atoms. The van der Waals surface area contributed by atoms with Gasteiger partial charge in [-0.05, 0) is 55.8 Å². The molecule has 0 bridgehead atoms. The van der Waals surface area contributed by atoms with Gasteiger partial charge in [0.1, 0.15) is 11.8 Å². The quantitative estimate of drug-likeness (QED) is 0.507. The lowest BCUT2D eigenvalue weighted by molar-refractivity contribution is -0.127. The smallest absolute Gasteiger partial charge is 0.246 e. The lowest BCUT2D eigenvalue weighted by Crippen LogP contribution is -2.50. The number of sulfonamides is 1. The predicted molar refractivity (Wildman–Crippen MR) is 127 cm³/mol. The maximum Gasteiger partial charge on any atom is 0.246 e. The van der Waals surface area contributed by atoms with Gasteiger partial charge in [-0.1, -0.05) is 12.1 Å². The molecule has 3 aromatic rings. The summed E-state index contributed by atoms with van der Waals surface area (Å²) in [6.45, 7) is 5.57. The molecule has 9 heteroatoms. The molecule has 0 N–H and O–H groups in total. The van der Waals surface area contributed by atoms with Gasteiger partial charge in [0.2, 0.25) is 15.9 Å². The number of hydrogen-bond donors (Lipinski definition) is 0. The van der Waals surface area contributed by atoms with Crippen molar-refractivity contribution in [3.8, 4) is 6.07 Å². The van der Waals surface area contributed by atoms with E-state index in [1.165, 1.54) is 22.5 Å². The van der Waals surface area contributed by atoms with Crippen molar-refractivity contribution in [2.45, 2.75) is 25.3 Å². The summed E-state index contributed by atoms with van der Waals surface area (Å²) in [5.41, 5.74) is 3.17. The first-order chi connectivity index (χ1) is 16.3. The zero-order valence-corrected chi connectivity index (χ0v) is 20.0. The van der Waals surface area contributed by atoms with E-state index in [0.29, 0.717) is 6.54 Å². The molecule has 4 rings (SSSR count). The minimum atomic E-state index is -3.79. The number of carbonyl (C=O) groups excluding carboxylic acids is 1. The summed E-state index contributed by atoms with van der Waals surface area (Å²) < 4.78 is 34.9. The summed E-state index contributed by atoms with van der Waals surface area (Å²) in [6, 6.07) is 13.9. The Kier molecular flexibility index (Phi) is 6.72. The van der Waals surface area contributed by atoms with Crippen LogP contribution in [0.15, 0.2) is 64.1 Å². The molecule has 0 aliphatic carbocycles. The molecule has 1 fully saturated rings. The molecular weight excluding hydrogens is 452 g/mol. The molecular formula is C25H26N4O4S. The van der Waals surface area contributed by atoms with Gasteiger partial charge in [0, 0.05) is 43.6 Å². The molecule has 8 nitrogen and oxygen atoms in total. The minimum absolute atomic E-state index is 0.00192. The summed E-state index contributed by atoms with van der Waals surface area (Å²) in [7, 11) is -3.79. The Labute approximate surface area is 199 Å². The number of rotatable bonds is 6. The number of furan rings is 1. The van der Waals surface area contributed by atoms with E-state index in [1.54, 1.807) is 29.4 Å². The van der Waals surface area contributed by atoms with Crippen LogP contribution in [-0.2, 0) is 21.4 Å². The van der Waals surface area contributed by atoms with Crippen molar-refractivity contribution in [3.63, 3.8) is 0 Å². The van der Waals surface area contributed by atoms with Gasteiger partial charge in [0.05, 0.1) is 23.3 Å². The molecule has 1 aliphatic heterocycles. The van der Waals surface area contributed by atoms with Crippen LogP contribution < -0.4 is 0 Å². The average molecular weight is 479 g/mol. The van der Waals surface area contributed by atoms with Crippen LogP contribution in [0.25, 0.3) is 6.08 Å². The number of nitrogens with zero attached hydrogens (tertiary/aromatic N) is 4. The Hall–Kier alpha value is -3.61. The lowest BCUT2D eigenvalue weighted by atomic mass is 10.2.